The fourth-order valence-corrected chi connectivity index (χ4v) is 3.27. The van der Waals surface area contributed by atoms with Crippen molar-refractivity contribution in [1.29, 1.82) is 0 Å². The lowest BCUT2D eigenvalue weighted by molar-refractivity contribution is -0.648. The molecule has 4 rings (SSSR count). The van der Waals surface area contributed by atoms with Gasteiger partial charge in [-0.05, 0) is 17.7 Å². The number of imidazole rings is 1. The molecule has 4 nitrogen and oxygen atoms in total. The third-order valence-corrected chi connectivity index (χ3v) is 4.60. The van der Waals surface area contributed by atoms with E-state index >= 15 is 0 Å². The number of fused-ring (bicyclic) bond motifs is 1. The molecule has 0 saturated carbocycles. The van der Waals surface area contributed by atoms with E-state index in [1.807, 2.05) is 77.4 Å². The van der Waals surface area contributed by atoms with E-state index in [0.717, 1.165) is 11.0 Å². The number of nitrogens with zero attached hydrogens (tertiary/aromatic N) is 2. The zero-order valence-corrected chi connectivity index (χ0v) is 14.4. The molecule has 26 heavy (non-hydrogen) atoms. The Morgan fingerprint density at radius 2 is 1.46 bits per heavy atom. The average molecular weight is 342 g/mol. The highest BCUT2D eigenvalue weighted by molar-refractivity contribution is 5.96. The van der Waals surface area contributed by atoms with Gasteiger partial charge in [-0.1, -0.05) is 72.8 Å². The van der Waals surface area contributed by atoms with Crippen LogP contribution in [0.2, 0.25) is 0 Å². The molecule has 0 atom stereocenters. The molecule has 3 aromatic carbocycles. The van der Waals surface area contributed by atoms with Crippen molar-refractivity contribution in [2.45, 2.75) is 13.1 Å². The van der Waals surface area contributed by atoms with Gasteiger partial charge >= 0.3 is 5.95 Å². The molecule has 4 aromatic rings. The monoisotopic (exact) mass is 342 g/mol. The zero-order valence-electron chi connectivity index (χ0n) is 14.4. The summed E-state index contributed by atoms with van der Waals surface area (Å²) in [5.74, 6) is 0.629. The van der Waals surface area contributed by atoms with Gasteiger partial charge in [-0.2, -0.15) is 0 Å². The molecular weight excluding hydrogens is 322 g/mol. The van der Waals surface area contributed by atoms with Gasteiger partial charge in [0.25, 0.3) is 0 Å². The first-order valence-electron chi connectivity index (χ1n) is 8.63. The zero-order chi connectivity index (χ0) is 17.9. The minimum Gasteiger partial charge on any atom is -0.291 e. The number of anilines is 1. The lowest BCUT2D eigenvalue weighted by atomic mass is 10.1. The highest BCUT2D eigenvalue weighted by atomic mass is 16.1. The molecule has 0 spiro atoms. The third-order valence-electron chi connectivity index (χ3n) is 4.60. The normalized spacial score (nSPS) is 10.9. The van der Waals surface area contributed by atoms with Gasteiger partial charge in [-0.25, -0.2) is 9.13 Å². The Labute approximate surface area is 152 Å². The largest absolute Gasteiger partial charge is 0.356 e. The number of Topliss-reactive ketones (excluding diaryl/α,β-unsaturated/α-hetero) is 1. The maximum Gasteiger partial charge on any atom is 0.356 e. The van der Waals surface area contributed by atoms with Gasteiger partial charge in [0, 0.05) is 5.56 Å². The van der Waals surface area contributed by atoms with Crippen LogP contribution in [0.3, 0.4) is 0 Å². The van der Waals surface area contributed by atoms with Crippen LogP contribution in [0.15, 0.2) is 84.9 Å². The Kier molecular flexibility index (Phi) is 4.23. The third kappa shape index (κ3) is 2.97. The Morgan fingerprint density at radius 1 is 0.846 bits per heavy atom. The quantitative estimate of drug-likeness (QED) is 0.446. The van der Waals surface area contributed by atoms with E-state index in [2.05, 4.69) is 16.7 Å². The molecular formula is C22H20N3O+. The maximum absolute atomic E-state index is 12.7. The average Bonchev–Trinajstić information content (AvgIpc) is 2.95. The number of nitrogen functional groups attached to an aromatic ring is 1. The van der Waals surface area contributed by atoms with Gasteiger partial charge < -0.3 is 0 Å². The van der Waals surface area contributed by atoms with Crippen molar-refractivity contribution < 1.29 is 9.36 Å². The van der Waals surface area contributed by atoms with Crippen molar-refractivity contribution in [2.24, 2.45) is 0 Å². The van der Waals surface area contributed by atoms with Gasteiger partial charge in [0.15, 0.2) is 5.78 Å². The Balaban J connectivity index is 1.76. The van der Waals surface area contributed by atoms with Gasteiger partial charge in [-0.3, -0.25) is 10.5 Å². The number of hydrogen-bond acceptors (Lipinski definition) is 2. The van der Waals surface area contributed by atoms with Crippen molar-refractivity contribution in [3.63, 3.8) is 0 Å². The van der Waals surface area contributed by atoms with Crippen LogP contribution in [0.25, 0.3) is 11.0 Å². The minimum absolute atomic E-state index is 0.0462. The first-order valence-corrected chi connectivity index (χ1v) is 8.63. The molecule has 1 heterocycles. The van der Waals surface area contributed by atoms with Crippen molar-refractivity contribution in [3.8, 4) is 0 Å². The predicted molar refractivity (Wildman–Crippen MR) is 103 cm³/mol. The number of aromatic nitrogens is 2. The van der Waals surface area contributed by atoms with Crippen LogP contribution in [0.1, 0.15) is 15.9 Å². The van der Waals surface area contributed by atoms with E-state index in [4.69, 9.17) is 5.73 Å². The molecule has 0 bridgehead atoms. The summed E-state index contributed by atoms with van der Waals surface area (Å²) in [5.41, 5.74) is 10.3. The van der Waals surface area contributed by atoms with Gasteiger partial charge in [0.2, 0.25) is 0 Å². The van der Waals surface area contributed by atoms with Crippen molar-refractivity contribution in [2.75, 3.05) is 5.73 Å². The Morgan fingerprint density at radius 3 is 2.19 bits per heavy atom. The molecule has 0 fully saturated rings. The summed E-state index contributed by atoms with van der Waals surface area (Å²) in [6.45, 7) is 0.887. The number of benzene rings is 3. The second-order valence-electron chi connectivity index (χ2n) is 6.29. The van der Waals surface area contributed by atoms with Crippen molar-refractivity contribution in [1.82, 2.24) is 4.57 Å². The Hall–Kier alpha value is -3.40. The van der Waals surface area contributed by atoms with Crippen LogP contribution in [-0.2, 0) is 13.1 Å². The molecule has 0 amide bonds. The van der Waals surface area contributed by atoms with E-state index in [-0.39, 0.29) is 12.3 Å². The predicted octanol–water partition coefficient (Wildman–Crippen LogP) is 3.44. The van der Waals surface area contributed by atoms with E-state index in [1.165, 1.54) is 5.56 Å². The summed E-state index contributed by atoms with van der Waals surface area (Å²) < 4.78 is 3.95. The summed E-state index contributed by atoms with van der Waals surface area (Å²) in [4.78, 5) is 12.7. The lowest BCUT2D eigenvalue weighted by Crippen LogP contribution is -2.37. The number of nitrogens with two attached hydrogens (primary N) is 1. The highest BCUT2D eigenvalue weighted by Gasteiger charge is 2.23. The summed E-state index contributed by atoms with van der Waals surface area (Å²) in [7, 11) is 0. The molecule has 4 heteroatoms. The Bertz CT molecular complexity index is 1050. The highest BCUT2D eigenvalue weighted by Crippen LogP contribution is 2.18. The summed E-state index contributed by atoms with van der Waals surface area (Å²) in [5, 5.41) is 0. The number of ketones is 1. The summed E-state index contributed by atoms with van der Waals surface area (Å²) in [6.07, 6.45) is 0. The van der Waals surface area contributed by atoms with Crippen molar-refractivity contribution in [3.05, 3.63) is 96.1 Å². The van der Waals surface area contributed by atoms with Gasteiger partial charge in [-0.15, -0.1) is 0 Å². The van der Waals surface area contributed by atoms with Gasteiger partial charge in [0.1, 0.15) is 17.6 Å². The molecule has 0 saturated heterocycles. The lowest BCUT2D eigenvalue weighted by Gasteiger charge is -2.03. The van der Waals surface area contributed by atoms with Crippen LogP contribution in [0.5, 0.6) is 0 Å². The fourth-order valence-electron chi connectivity index (χ4n) is 3.27. The van der Waals surface area contributed by atoms with Crippen LogP contribution >= 0.6 is 0 Å². The number of carbonyl (C=O) groups excluding carboxylic acids is 1. The molecule has 0 aliphatic heterocycles. The first kappa shape index (κ1) is 16.1. The van der Waals surface area contributed by atoms with Crippen molar-refractivity contribution >= 4 is 22.8 Å². The van der Waals surface area contributed by atoms with Gasteiger partial charge in [0.05, 0.1) is 6.54 Å². The number of para-hydroxylation sites is 2. The topological polar surface area (TPSA) is 51.9 Å². The van der Waals surface area contributed by atoms with Crippen LogP contribution in [0, 0.1) is 0 Å². The van der Waals surface area contributed by atoms with Crippen LogP contribution in [0.4, 0.5) is 5.95 Å². The second-order valence-corrected chi connectivity index (χ2v) is 6.29. The van der Waals surface area contributed by atoms with Crippen LogP contribution in [-0.4, -0.2) is 10.4 Å². The summed E-state index contributed by atoms with van der Waals surface area (Å²) >= 11 is 0. The summed E-state index contributed by atoms with van der Waals surface area (Å²) in [6, 6.07) is 27.5. The SMILES string of the molecule is Nc1n(CC(=O)c2ccccc2)c2ccccc2[n+]1Cc1ccccc1. The molecule has 0 aliphatic rings. The molecule has 1 aromatic heterocycles. The van der Waals surface area contributed by atoms with E-state index < -0.39 is 0 Å². The molecule has 0 radical (unpaired) electrons. The van der Waals surface area contributed by atoms with E-state index in [1.54, 1.807) is 0 Å². The molecule has 128 valence electrons. The molecule has 0 unspecified atom stereocenters. The standard InChI is InChI=1S/C22H19N3O/c23-22-24(15-17-9-3-1-4-10-17)19-13-7-8-14-20(19)25(22)16-21(26)18-11-5-2-6-12-18/h1-14,23H,15-16H2/p+1. The molecule has 0 aliphatic carbocycles. The minimum atomic E-state index is 0.0462. The second kappa shape index (κ2) is 6.84. The maximum atomic E-state index is 12.7. The molecule has 2 N–H and O–H groups in total. The van der Waals surface area contributed by atoms with Crippen LogP contribution < -0.4 is 10.3 Å². The smallest absolute Gasteiger partial charge is 0.291 e. The fraction of sp³-hybridized carbons (Fsp3) is 0.0909. The van der Waals surface area contributed by atoms with E-state index in [0.29, 0.717) is 18.1 Å². The number of carbonyl (C=O) groups is 1. The first-order chi connectivity index (χ1) is 12.7. The number of rotatable bonds is 5. The number of hydrogen-bond donors (Lipinski definition) is 1. The van der Waals surface area contributed by atoms with E-state index in [9.17, 15) is 4.79 Å².